The Kier molecular flexibility index (Phi) is 5.88. The summed E-state index contributed by atoms with van der Waals surface area (Å²) in [5.74, 6) is 0.863. The Hall–Kier alpha value is -0.0800. The molecule has 0 heterocycles. The van der Waals surface area contributed by atoms with Crippen molar-refractivity contribution in [2.75, 3.05) is 13.6 Å². The third kappa shape index (κ3) is 3.72. The van der Waals surface area contributed by atoms with E-state index in [0.717, 1.165) is 12.5 Å². The fourth-order valence-corrected chi connectivity index (χ4v) is 3.95. The van der Waals surface area contributed by atoms with Crippen LogP contribution in [0.3, 0.4) is 0 Å². The molecule has 1 rings (SSSR count). The summed E-state index contributed by atoms with van der Waals surface area (Å²) in [5.41, 5.74) is 6.91. The molecule has 0 saturated heterocycles. The third-order valence-electron chi connectivity index (χ3n) is 5.76. The van der Waals surface area contributed by atoms with E-state index in [9.17, 15) is 0 Å². The van der Waals surface area contributed by atoms with Gasteiger partial charge in [0.15, 0.2) is 0 Å². The molecule has 19 heavy (non-hydrogen) atoms. The van der Waals surface area contributed by atoms with E-state index in [1.807, 2.05) is 0 Å². The summed E-state index contributed by atoms with van der Waals surface area (Å²) in [5, 5.41) is 0. The van der Waals surface area contributed by atoms with E-state index >= 15 is 0 Å². The highest BCUT2D eigenvalue weighted by Gasteiger charge is 2.41. The molecule has 0 atom stereocenters. The molecule has 0 aliphatic heterocycles. The Balaban J connectivity index is 2.75. The normalized spacial score (nSPS) is 29.2. The van der Waals surface area contributed by atoms with Crippen LogP contribution in [-0.4, -0.2) is 30.1 Å². The molecule has 2 nitrogen and oxygen atoms in total. The van der Waals surface area contributed by atoms with Crippen LogP contribution in [0.25, 0.3) is 0 Å². The van der Waals surface area contributed by atoms with E-state index in [2.05, 4.69) is 46.6 Å². The molecule has 0 radical (unpaired) electrons. The molecule has 2 heteroatoms. The minimum atomic E-state index is 0.262. The monoisotopic (exact) mass is 268 g/mol. The molecule has 0 aromatic heterocycles. The van der Waals surface area contributed by atoms with Crippen molar-refractivity contribution in [3.63, 3.8) is 0 Å². The zero-order valence-corrected chi connectivity index (χ0v) is 14.1. The lowest BCUT2D eigenvalue weighted by molar-refractivity contribution is 0.00927. The van der Waals surface area contributed by atoms with Crippen molar-refractivity contribution in [3.8, 4) is 0 Å². The maximum Gasteiger partial charge on any atom is 0.0331 e. The van der Waals surface area contributed by atoms with E-state index in [1.165, 1.54) is 38.5 Å². The largest absolute Gasteiger partial charge is 0.329 e. The van der Waals surface area contributed by atoms with Gasteiger partial charge >= 0.3 is 0 Å². The molecule has 0 aromatic carbocycles. The standard InChI is InChI=1S/C17H36N2/c1-7-15(8-2)19(6)17(13-18)11-9-14(10-12-17)16(3,4)5/h14-15H,7-13,18H2,1-6H3. The van der Waals surface area contributed by atoms with E-state index in [-0.39, 0.29) is 5.54 Å². The number of nitrogens with two attached hydrogens (primary N) is 1. The summed E-state index contributed by atoms with van der Waals surface area (Å²) < 4.78 is 0. The maximum absolute atomic E-state index is 6.20. The lowest BCUT2D eigenvalue weighted by Crippen LogP contribution is -2.57. The molecular weight excluding hydrogens is 232 g/mol. The topological polar surface area (TPSA) is 29.3 Å². The Morgan fingerprint density at radius 2 is 1.63 bits per heavy atom. The van der Waals surface area contributed by atoms with E-state index in [1.54, 1.807) is 0 Å². The van der Waals surface area contributed by atoms with Crippen LogP contribution >= 0.6 is 0 Å². The first kappa shape index (κ1) is 17.0. The van der Waals surface area contributed by atoms with Crippen LogP contribution in [0.1, 0.15) is 73.1 Å². The average molecular weight is 268 g/mol. The number of hydrogen-bond acceptors (Lipinski definition) is 2. The predicted molar refractivity (Wildman–Crippen MR) is 85.3 cm³/mol. The number of likely N-dealkylation sites (N-methyl/N-ethyl adjacent to an activating group) is 1. The van der Waals surface area contributed by atoms with Gasteiger partial charge in [-0.15, -0.1) is 0 Å². The SMILES string of the molecule is CCC(CC)N(C)C1(CN)CCC(C(C)(C)C)CC1. The summed E-state index contributed by atoms with van der Waals surface area (Å²) in [4.78, 5) is 2.62. The van der Waals surface area contributed by atoms with E-state index in [4.69, 9.17) is 5.73 Å². The van der Waals surface area contributed by atoms with Gasteiger partial charge in [-0.25, -0.2) is 0 Å². The van der Waals surface area contributed by atoms with Crippen LogP contribution in [-0.2, 0) is 0 Å². The summed E-state index contributed by atoms with van der Waals surface area (Å²) in [7, 11) is 2.31. The van der Waals surface area contributed by atoms with Gasteiger partial charge in [0, 0.05) is 18.1 Å². The fraction of sp³-hybridized carbons (Fsp3) is 1.00. The van der Waals surface area contributed by atoms with Crippen molar-refractivity contribution >= 4 is 0 Å². The van der Waals surface area contributed by atoms with Crippen molar-refractivity contribution in [1.29, 1.82) is 0 Å². The molecule has 0 unspecified atom stereocenters. The zero-order valence-electron chi connectivity index (χ0n) is 14.1. The Morgan fingerprint density at radius 3 is 1.95 bits per heavy atom. The summed E-state index contributed by atoms with van der Waals surface area (Å²) in [6.45, 7) is 12.6. The average Bonchev–Trinajstić information content (AvgIpc) is 2.39. The number of hydrogen-bond donors (Lipinski definition) is 1. The summed E-state index contributed by atoms with van der Waals surface area (Å²) >= 11 is 0. The highest BCUT2D eigenvalue weighted by Crippen LogP contribution is 2.43. The number of rotatable bonds is 5. The Labute approximate surface area is 121 Å². The second-order valence-corrected chi connectivity index (χ2v) is 7.65. The summed E-state index contributed by atoms with van der Waals surface area (Å²) in [6.07, 6.45) is 7.70. The molecule has 114 valence electrons. The van der Waals surface area contributed by atoms with Gasteiger partial charge in [-0.3, -0.25) is 4.90 Å². The molecule has 1 aliphatic rings. The first-order valence-electron chi connectivity index (χ1n) is 8.23. The molecule has 0 aromatic rings. The first-order valence-corrected chi connectivity index (χ1v) is 8.23. The van der Waals surface area contributed by atoms with Gasteiger partial charge in [0.25, 0.3) is 0 Å². The molecular formula is C17H36N2. The van der Waals surface area contributed by atoms with Crippen LogP contribution in [0, 0.1) is 11.3 Å². The fourth-order valence-electron chi connectivity index (χ4n) is 3.95. The van der Waals surface area contributed by atoms with Crippen LogP contribution in [0.5, 0.6) is 0 Å². The lowest BCUT2D eigenvalue weighted by Gasteiger charge is -2.50. The van der Waals surface area contributed by atoms with Crippen LogP contribution in [0.2, 0.25) is 0 Å². The number of nitrogens with zero attached hydrogens (tertiary/aromatic N) is 1. The second-order valence-electron chi connectivity index (χ2n) is 7.65. The van der Waals surface area contributed by atoms with Gasteiger partial charge in [-0.05, 0) is 56.9 Å². The predicted octanol–water partition coefficient (Wildman–Crippen LogP) is 4.04. The molecule has 2 N–H and O–H groups in total. The second kappa shape index (κ2) is 6.58. The van der Waals surface area contributed by atoms with Crippen LogP contribution < -0.4 is 5.73 Å². The van der Waals surface area contributed by atoms with Gasteiger partial charge in [-0.2, -0.15) is 0 Å². The minimum Gasteiger partial charge on any atom is -0.329 e. The van der Waals surface area contributed by atoms with Crippen LogP contribution in [0.15, 0.2) is 0 Å². The third-order valence-corrected chi connectivity index (χ3v) is 5.76. The highest BCUT2D eigenvalue weighted by atomic mass is 15.2. The van der Waals surface area contributed by atoms with Crippen molar-refractivity contribution in [1.82, 2.24) is 4.90 Å². The van der Waals surface area contributed by atoms with Gasteiger partial charge in [-0.1, -0.05) is 34.6 Å². The minimum absolute atomic E-state index is 0.262. The van der Waals surface area contributed by atoms with Crippen molar-refractivity contribution in [2.24, 2.45) is 17.1 Å². The Morgan fingerprint density at radius 1 is 1.16 bits per heavy atom. The van der Waals surface area contributed by atoms with Crippen molar-refractivity contribution in [2.45, 2.75) is 84.7 Å². The lowest BCUT2D eigenvalue weighted by atomic mass is 9.66. The van der Waals surface area contributed by atoms with Crippen molar-refractivity contribution in [3.05, 3.63) is 0 Å². The quantitative estimate of drug-likeness (QED) is 0.815. The molecule has 0 spiro atoms. The maximum atomic E-state index is 6.20. The Bertz CT molecular complexity index is 255. The van der Waals surface area contributed by atoms with E-state index in [0.29, 0.717) is 11.5 Å². The molecule has 1 aliphatic carbocycles. The van der Waals surface area contributed by atoms with Crippen molar-refractivity contribution < 1.29 is 0 Å². The van der Waals surface area contributed by atoms with Crippen LogP contribution in [0.4, 0.5) is 0 Å². The molecule has 0 bridgehead atoms. The molecule has 1 saturated carbocycles. The van der Waals surface area contributed by atoms with Gasteiger partial charge in [0.05, 0.1) is 0 Å². The summed E-state index contributed by atoms with van der Waals surface area (Å²) in [6, 6.07) is 0.690. The van der Waals surface area contributed by atoms with Gasteiger partial charge < -0.3 is 5.73 Å². The first-order chi connectivity index (χ1) is 8.80. The smallest absolute Gasteiger partial charge is 0.0331 e. The zero-order chi connectivity index (χ0) is 14.7. The molecule has 0 amide bonds. The highest BCUT2D eigenvalue weighted by molar-refractivity contribution is 4.98. The van der Waals surface area contributed by atoms with Gasteiger partial charge in [0.1, 0.15) is 0 Å². The van der Waals surface area contributed by atoms with Gasteiger partial charge in [0.2, 0.25) is 0 Å². The van der Waals surface area contributed by atoms with E-state index < -0.39 is 0 Å². The molecule has 1 fully saturated rings.